The Morgan fingerprint density at radius 1 is 1.23 bits per heavy atom. The van der Waals surface area contributed by atoms with Crippen LogP contribution in [0.2, 0.25) is 0 Å². The number of carbonyl (C=O) groups is 1. The van der Waals surface area contributed by atoms with Gasteiger partial charge >= 0.3 is 5.97 Å². The van der Waals surface area contributed by atoms with Crippen molar-refractivity contribution in [2.45, 2.75) is 6.92 Å². The van der Waals surface area contributed by atoms with Crippen LogP contribution in [-0.4, -0.2) is 22.8 Å². The summed E-state index contributed by atoms with van der Waals surface area (Å²) < 4.78 is 10.5. The topological polar surface area (TPSA) is 100 Å². The molecule has 3 aromatic rings. The van der Waals surface area contributed by atoms with E-state index in [2.05, 4.69) is 15.2 Å². The molecule has 0 aliphatic carbocycles. The molecule has 1 aliphatic rings. The van der Waals surface area contributed by atoms with Crippen molar-refractivity contribution in [2.24, 2.45) is 4.99 Å². The maximum Gasteiger partial charge on any atom is 0.341 e. The van der Waals surface area contributed by atoms with Gasteiger partial charge in [0.15, 0.2) is 5.76 Å². The number of aromatic nitrogens is 2. The maximum absolute atomic E-state index is 12.5. The lowest BCUT2D eigenvalue weighted by Crippen LogP contribution is -2.25. The third kappa shape index (κ3) is 2.59. The lowest BCUT2D eigenvalue weighted by Gasteiger charge is -2.04. The van der Waals surface area contributed by atoms with Gasteiger partial charge in [-0.2, -0.15) is 0 Å². The van der Waals surface area contributed by atoms with Gasteiger partial charge in [0.2, 0.25) is 0 Å². The van der Waals surface area contributed by atoms with E-state index in [1.165, 1.54) is 6.26 Å². The number of ether oxygens (including phenoxy) is 1. The zero-order chi connectivity index (χ0) is 18.1. The number of hydrogen-bond acceptors (Lipinski definition) is 5. The first kappa shape index (κ1) is 15.9. The third-order valence-corrected chi connectivity index (χ3v) is 4.01. The fraction of sp³-hybridized carbons (Fsp3) is 0.105. The van der Waals surface area contributed by atoms with Gasteiger partial charge in [-0.15, -0.1) is 0 Å². The van der Waals surface area contributed by atoms with E-state index in [1.54, 1.807) is 31.2 Å². The predicted octanol–water partition coefficient (Wildman–Crippen LogP) is 1.35. The van der Waals surface area contributed by atoms with Crippen molar-refractivity contribution in [3.63, 3.8) is 0 Å². The molecule has 1 aromatic carbocycles. The van der Waals surface area contributed by atoms with Crippen molar-refractivity contribution >= 4 is 17.6 Å². The Bertz CT molecular complexity index is 1180. The van der Waals surface area contributed by atoms with E-state index in [9.17, 15) is 9.59 Å². The zero-order valence-corrected chi connectivity index (χ0v) is 13.9. The number of furan rings is 1. The number of aromatic amines is 2. The van der Waals surface area contributed by atoms with Crippen molar-refractivity contribution in [1.82, 2.24) is 10.2 Å². The van der Waals surface area contributed by atoms with Gasteiger partial charge in [0.05, 0.1) is 35.1 Å². The number of hydrogen-bond donors (Lipinski definition) is 2. The average molecular weight is 349 g/mol. The number of carbonyl (C=O) groups excluding carboxylic acids is 1. The minimum absolute atomic E-state index is 0.250. The monoisotopic (exact) mass is 349 g/mol. The van der Waals surface area contributed by atoms with E-state index >= 15 is 0 Å². The van der Waals surface area contributed by atoms with Gasteiger partial charge in [-0.3, -0.25) is 15.0 Å². The molecule has 0 spiro atoms. The number of nitrogens with one attached hydrogen (secondary N) is 2. The summed E-state index contributed by atoms with van der Waals surface area (Å²) in [6.45, 7) is 1.99. The Morgan fingerprint density at radius 3 is 2.85 bits per heavy atom. The summed E-state index contributed by atoms with van der Waals surface area (Å²) >= 11 is 0. The molecule has 0 radical (unpaired) electrons. The first-order valence-corrected chi connectivity index (χ1v) is 8.11. The normalized spacial score (nSPS) is 14.3. The van der Waals surface area contributed by atoms with Crippen molar-refractivity contribution < 1.29 is 13.9 Å². The number of esters is 1. The van der Waals surface area contributed by atoms with Gasteiger partial charge in [0.25, 0.3) is 5.56 Å². The SMILES string of the molecule is CCOC(=O)C1=c2ccccc2=NC1=Cc1c(-c2ccco2)[nH][nH]c1=O. The second-order valence-electron chi connectivity index (χ2n) is 5.60. The molecule has 0 unspecified atom stereocenters. The maximum atomic E-state index is 12.5. The number of benzene rings is 1. The molecule has 0 fully saturated rings. The molecule has 0 bridgehead atoms. The largest absolute Gasteiger partial charge is 0.463 e. The Balaban J connectivity index is 1.92. The summed E-state index contributed by atoms with van der Waals surface area (Å²) in [7, 11) is 0. The van der Waals surface area contributed by atoms with Crippen LogP contribution in [0.3, 0.4) is 0 Å². The Hall–Kier alpha value is -3.61. The molecule has 2 N–H and O–H groups in total. The minimum Gasteiger partial charge on any atom is -0.463 e. The first-order chi connectivity index (χ1) is 12.7. The molecule has 4 rings (SSSR count). The molecule has 26 heavy (non-hydrogen) atoms. The molecule has 0 saturated heterocycles. The molecule has 0 atom stereocenters. The van der Waals surface area contributed by atoms with Gasteiger partial charge in [-0.05, 0) is 31.2 Å². The summed E-state index contributed by atoms with van der Waals surface area (Å²) in [5, 5.41) is 6.68. The number of rotatable bonds is 4. The van der Waals surface area contributed by atoms with Crippen LogP contribution in [-0.2, 0) is 9.53 Å². The predicted molar refractivity (Wildman–Crippen MR) is 94.4 cm³/mol. The van der Waals surface area contributed by atoms with Gasteiger partial charge in [0.1, 0.15) is 5.69 Å². The van der Waals surface area contributed by atoms with Crippen molar-refractivity contribution in [1.29, 1.82) is 0 Å². The molecule has 0 saturated carbocycles. The molecule has 3 heterocycles. The van der Waals surface area contributed by atoms with Gasteiger partial charge in [-0.25, -0.2) is 9.79 Å². The Labute approximate surface area is 147 Å². The minimum atomic E-state index is -0.473. The number of fused-ring (bicyclic) bond motifs is 1. The standard InChI is InChI=1S/C19H15N3O4/c1-2-25-19(24)16-11-6-3-4-7-13(11)20-14(16)10-12-17(21-22-18(12)23)15-8-5-9-26-15/h3-10H,2H2,1H3,(H2,21,22,23). The fourth-order valence-electron chi connectivity index (χ4n) is 2.89. The summed E-state index contributed by atoms with van der Waals surface area (Å²) in [5.41, 5.74) is 1.20. The lowest BCUT2D eigenvalue weighted by molar-refractivity contribution is -0.136. The van der Waals surface area contributed by atoms with Crippen molar-refractivity contribution in [3.05, 3.63) is 74.9 Å². The van der Waals surface area contributed by atoms with Gasteiger partial charge < -0.3 is 9.15 Å². The fourth-order valence-corrected chi connectivity index (χ4v) is 2.89. The van der Waals surface area contributed by atoms with Crippen LogP contribution in [0.4, 0.5) is 0 Å². The van der Waals surface area contributed by atoms with Crippen LogP contribution in [0.1, 0.15) is 12.5 Å². The summed E-state index contributed by atoms with van der Waals surface area (Å²) in [6.07, 6.45) is 3.09. The summed E-state index contributed by atoms with van der Waals surface area (Å²) in [5.74, 6) is 0.0300. The van der Waals surface area contributed by atoms with Crippen molar-refractivity contribution in [2.75, 3.05) is 6.61 Å². The van der Waals surface area contributed by atoms with E-state index in [-0.39, 0.29) is 12.2 Å². The number of para-hydroxylation sites is 1. The number of H-pyrrole nitrogens is 2. The van der Waals surface area contributed by atoms with Crippen LogP contribution in [0.15, 0.2) is 62.6 Å². The molecular formula is C19H15N3O4. The summed E-state index contributed by atoms with van der Waals surface area (Å²) in [6, 6.07) is 10.7. The molecule has 0 amide bonds. The quantitative estimate of drug-likeness (QED) is 0.694. The van der Waals surface area contributed by atoms with Gasteiger partial charge in [0, 0.05) is 5.22 Å². The molecule has 2 aromatic heterocycles. The van der Waals surface area contributed by atoms with Crippen LogP contribution in [0, 0.1) is 0 Å². The van der Waals surface area contributed by atoms with Crippen LogP contribution in [0.5, 0.6) is 0 Å². The van der Waals surface area contributed by atoms with E-state index in [0.717, 1.165) is 0 Å². The van der Waals surface area contributed by atoms with E-state index in [0.29, 0.717) is 38.9 Å². The van der Waals surface area contributed by atoms with Crippen molar-refractivity contribution in [3.8, 4) is 11.5 Å². The van der Waals surface area contributed by atoms with Crippen LogP contribution >= 0.6 is 0 Å². The van der Waals surface area contributed by atoms with E-state index in [1.807, 2.05) is 18.2 Å². The van der Waals surface area contributed by atoms with E-state index < -0.39 is 5.97 Å². The van der Waals surface area contributed by atoms with E-state index in [4.69, 9.17) is 9.15 Å². The lowest BCUT2D eigenvalue weighted by atomic mass is 10.1. The molecule has 7 heteroatoms. The molecular weight excluding hydrogens is 334 g/mol. The molecule has 7 nitrogen and oxygen atoms in total. The van der Waals surface area contributed by atoms with Gasteiger partial charge in [-0.1, -0.05) is 18.2 Å². The highest BCUT2D eigenvalue weighted by molar-refractivity contribution is 6.17. The highest BCUT2D eigenvalue weighted by Gasteiger charge is 2.23. The zero-order valence-electron chi connectivity index (χ0n) is 13.9. The highest BCUT2D eigenvalue weighted by Crippen LogP contribution is 2.24. The Kier molecular flexibility index (Phi) is 3.89. The van der Waals surface area contributed by atoms with Crippen LogP contribution < -0.4 is 16.1 Å². The first-order valence-electron chi connectivity index (χ1n) is 8.11. The third-order valence-electron chi connectivity index (χ3n) is 4.01. The second-order valence-corrected chi connectivity index (χ2v) is 5.60. The summed E-state index contributed by atoms with van der Waals surface area (Å²) in [4.78, 5) is 29.2. The highest BCUT2D eigenvalue weighted by atomic mass is 16.5. The molecule has 130 valence electrons. The Morgan fingerprint density at radius 2 is 2.08 bits per heavy atom. The number of nitrogens with zero attached hydrogens (tertiary/aromatic N) is 1. The second kappa shape index (κ2) is 6.36. The van der Waals surface area contributed by atoms with Crippen LogP contribution in [0.25, 0.3) is 23.1 Å². The smallest absolute Gasteiger partial charge is 0.341 e. The molecule has 1 aliphatic heterocycles. The average Bonchev–Trinajstić information content (AvgIpc) is 3.35.